The molecule has 242 valence electrons. The minimum atomic E-state index is -1.21. The summed E-state index contributed by atoms with van der Waals surface area (Å²) in [4.78, 5) is 36.3. The average molecular weight is 613 g/mol. The molecule has 9 atom stereocenters. The summed E-state index contributed by atoms with van der Waals surface area (Å²) in [6.07, 6.45) is 14.4. The lowest BCUT2D eigenvalue weighted by atomic mass is 9.63. The summed E-state index contributed by atoms with van der Waals surface area (Å²) in [7, 11) is 0. The third kappa shape index (κ3) is 6.09. The highest BCUT2D eigenvalue weighted by atomic mass is 19.1. The fourth-order valence-electron chi connectivity index (χ4n) is 9.18. The van der Waals surface area contributed by atoms with Gasteiger partial charge in [0.15, 0.2) is 5.78 Å². The van der Waals surface area contributed by atoms with Crippen LogP contribution in [0.15, 0.2) is 30.5 Å². The number of morpholine rings is 2. The largest absolute Gasteiger partial charge is 0.379 e. The van der Waals surface area contributed by atoms with Crippen molar-refractivity contribution in [3.63, 3.8) is 0 Å². The molecular formula is C33H49FN6O4. The maximum absolute atomic E-state index is 16.1. The van der Waals surface area contributed by atoms with Crippen LogP contribution in [0.1, 0.15) is 57.8 Å². The molecule has 1 amide bonds. The SMILES string of the molecule is O=C(NCCCn1ccnc1)C1=CN2C3C(CCC4CCCCC43)OC3C(NCCCN4CCOCC4)C(F)CC(C1=O)C32. The molecule has 1 aromatic rings. The molecule has 6 aliphatic rings. The van der Waals surface area contributed by atoms with E-state index < -0.39 is 24.2 Å². The first-order valence-corrected chi connectivity index (χ1v) is 17.2. The topological polar surface area (TPSA) is 101 Å². The van der Waals surface area contributed by atoms with Crippen molar-refractivity contribution in [1.29, 1.82) is 0 Å². The average Bonchev–Trinajstić information content (AvgIpc) is 3.57. The quantitative estimate of drug-likeness (QED) is 0.307. The van der Waals surface area contributed by atoms with Gasteiger partial charge in [0.25, 0.3) is 5.91 Å². The Kier molecular flexibility index (Phi) is 9.35. The molecular weight excluding hydrogens is 563 g/mol. The summed E-state index contributed by atoms with van der Waals surface area (Å²) in [5.74, 6) is -0.0101. The zero-order valence-corrected chi connectivity index (χ0v) is 25.8. The molecule has 0 aromatic carbocycles. The van der Waals surface area contributed by atoms with Crippen molar-refractivity contribution in [2.24, 2.45) is 17.8 Å². The second kappa shape index (κ2) is 13.6. The number of aromatic nitrogens is 2. The number of imidazole rings is 1. The van der Waals surface area contributed by atoms with Crippen LogP contribution >= 0.6 is 0 Å². The number of fused-ring (bicyclic) bond motifs is 4. The summed E-state index contributed by atoms with van der Waals surface area (Å²) >= 11 is 0. The molecule has 44 heavy (non-hydrogen) atoms. The van der Waals surface area contributed by atoms with Crippen LogP contribution in [0.2, 0.25) is 0 Å². The van der Waals surface area contributed by atoms with Crippen LogP contribution in [-0.4, -0.2) is 113 Å². The van der Waals surface area contributed by atoms with E-state index >= 15 is 4.39 Å². The summed E-state index contributed by atoms with van der Waals surface area (Å²) < 4.78 is 30.4. The molecule has 3 aliphatic heterocycles. The first kappa shape index (κ1) is 30.3. The van der Waals surface area contributed by atoms with E-state index in [1.54, 1.807) is 12.5 Å². The molecule has 0 spiro atoms. The number of amides is 1. The highest BCUT2D eigenvalue weighted by Gasteiger charge is 2.60. The third-order valence-corrected chi connectivity index (χ3v) is 11.3. The number of rotatable bonds is 10. The van der Waals surface area contributed by atoms with Gasteiger partial charge < -0.3 is 29.6 Å². The highest BCUT2D eigenvalue weighted by molar-refractivity contribution is 6.20. The van der Waals surface area contributed by atoms with Crippen LogP contribution in [0.25, 0.3) is 0 Å². The number of Topliss-reactive ketones (excluding diaryl/α,β-unsaturated/α-hetero) is 1. The zero-order valence-electron chi connectivity index (χ0n) is 25.8. The van der Waals surface area contributed by atoms with Gasteiger partial charge in [-0.05, 0) is 63.5 Å². The Morgan fingerprint density at radius 3 is 2.73 bits per heavy atom. The molecule has 10 nitrogen and oxygen atoms in total. The van der Waals surface area contributed by atoms with Crippen LogP contribution in [0.4, 0.5) is 4.39 Å². The second-order valence-corrected chi connectivity index (χ2v) is 13.8. The smallest absolute Gasteiger partial charge is 0.256 e. The van der Waals surface area contributed by atoms with Crippen LogP contribution in [0.5, 0.6) is 0 Å². The fourth-order valence-corrected chi connectivity index (χ4v) is 9.18. The lowest BCUT2D eigenvalue weighted by molar-refractivity contribution is -0.215. The molecule has 4 heterocycles. The van der Waals surface area contributed by atoms with Crippen molar-refractivity contribution < 1.29 is 23.5 Å². The van der Waals surface area contributed by atoms with Gasteiger partial charge in [-0.25, -0.2) is 9.37 Å². The number of ether oxygens (including phenoxy) is 2. The molecule has 2 N–H and O–H groups in total. The normalized spacial score (nSPS) is 37.0. The molecule has 3 saturated carbocycles. The van der Waals surface area contributed by atoms with Crippen molar-refractivity contribution in [2.75, 3.05) is 45.9 Å². The van der Waals surface area contributed by atoms with Crippen molar-refractivity contribution in [1.82, 2.24) is 30.0 Å². The Morgan fingerprint density at radius 1 is 1.05 bits per heavy atom. The summed E-state index contributed by atoms with van der Waals surface area (Å²) in [6.45, 7) is 6.29. The van der Waals surface area contributed by atoms with Gasteiger partial charge in [-0.15, -0.1) is 0 Å². The molecule has 2 saturated heterocycles. The number of nitrogens with zero attached hydrogens (tertiary/aromatic N) is 4. The van der Waals surface area contributed by atoms with Gasteiger partial charge in [0.05, 0.1) is 55.4 Å². The predicted molar refractivity (Wildman–Crippen MR) is 162 cm³/mol. The van der Waals surface area contributed by atoms with E-state index in [0.717, 1.165) is 71.5 Å². The fraction of sp³-hybridized carbons (Fsp3) is 0.788. The molecule has 7 rings (SSSR count). The first-order valence-electron chi connectivity index (χ1n) is 17.2. The van der Waals surface area contributed by atoms with Gasteiger partial charge in [-0.1, -0.05) is 19.3 Å². The standard InChI is InChI=1S/C33H49FN6O4/c34-26-19-24-30-32(28(26)36-9-3-12-38-15-17-43-18-16-38)44-27-8-7-22-5-1-2-6-23(22)29(27)40(30)20-25(31(24)41)33(42)37-10-4-13-39-14-11-35-21-39/h11,14,20-24,26-30,32,36H,1-10,12-13,15-19H2,(H,37,42). The second-order valence-electron chi connectivity index (χ2n) is 13.8. The maximum atomic E-state index is 16.1. The summed E-state index contributed by atoms with van der Waals surface area (Å²) in [5.41, 5.74) is 0.190. The first-order chi connectivity index (χ1) is 21.6. The van der Waals surface area contributed by atoms with Crippen LogP contribution < -0.4 is 10.6 Å². The number of nitrogens with one attached hydrogen (secondary N) is 2. The number of halogens is 1. The molecule has 3 aliphatic carbocycles. The minimum Gasteiger partial charge on any atom is -0.379 e. The van der Waals surface area contributed by atoms with Gasteiger partial charge in [0, 0.05) is 50.7 Å². The van der Waals surface area contributed by atoms with Crippen molar-refractivity contribution in [2.45, 2.75) is 101 Å². The van der Waals surface area contributed by atoms with E-state index in [4.69, 9.17) is 9.47 Å². The van der Waals surface area contributed by atoms with Crippen LogP contribution in [-0.2, 0) is 25.6 Å². The van der Waals surface area contributed by atoms with Crippen LogP contribution in [0.3, 0.4) is 0 Å². The molecule has 11 heteroatoms. The van der Waals surface area contributed by atoms with E-state index in [1.807, 2.05) is 17.0 Å². The van der Waals surface area contributed by atoms with Crippen molar-refractivity contribution >= 4 is 11.7 Å². The van der Waals surface area contributed by atoms with Gasteiger partial charge in [-0.2, -0.15) is 0 Å². The number of ketones is 1. The van der Waals surface area contributed by atoms with Gasteiger partial charge >= 0.3 is 0 Å². The number of alkyl halides is 1. The van der Waals surface area contributed by atoms with E-state index in [-0.39, 0.29) is 41.9 Å². The minimum absolute atomic E-state index is 0.0110. The van der Waals surface area contributed by atoms with Gasteiger partial charge in [-0.3, -0.25) is 14.5 Å². The highest BCUT2D eigenvalue weighted by Crippen LogP contribution is 2.51. The number of hydrogen-bond donors (Lipinski definition) is 2. The Bertz CT molecular complexity index is 1170. The zero-order chi connectivity index (χ0) is 30.0. The summed E-state index contributed by atoms with van der Waals surface area (Å²) in [5, 5.41) is 6.53. The van der Waals surface area contributed by atoms with Crippen molar-refractivity contribution in [3.05, 3.63) is 30.5 Å². The summed E-state index contributed by atoms with van der Waals surface area (Å²) in [6, 6.07) is -0.577. The number of carbonyl (C=O) groups is 2. The van der Waals surface area contributed by atoms with E-state index in [2.05, 4.69) is 25.4 Å². The molecule has 0 bridgehead atoms. The van der Waals surface area contributed by atoms with E-state index in [9.17, 15) is 9.59 Å². The molecule has 0 radical (unpaired) electrons. The van der Waals surface area contributed by atoms with Gasteiger partial charge in [0.1, 0.15) is 6.17 Å². The Hall–Kier alpha value is -2.34. The lowest BCUT2D eigenvalue weighted by Gasteiger charge is -2.62. The third-order valence-electron chi connectivity index (χ3n) is 11.3. The van der Waals surface area contributed by atoms with E-state index in [1.165, 1.54) is 19.3 Å². The van der Waals surface area contributed by atoms with Crippen LogP contribution in [0, 0.1) is 17.8 Å². The van der Waals surface area contributed by atoms with Crippen molar-refractivity contribution in [3.8, 4) is 0 Å². The molecule has 9 unspecified atom stereocenters. The Balaban J connectivity index is 1.09. The van der Waals surface area contributed by atoms with E-state index in [0.29, 0.717) is 24.9 Å². The molecule has 5 fully saturated rings. The maximum Gasteiger partial charge on any atom is 0.256 e. The predicted octanol–water partition coefficient (Wildman–Crippen LogP) is 2.30. The van der Waals surface area contributed by atoms with Gasteiger partial charge in [0.2, 0.25) is 0 Å². The lowest BCUT2D eigenvalue weighted by Crippen LogP contribution is -2.74. The Morgan fingerprint density at radius 2 is 1.89 bits per heavy atom. The monoisotopic (exact) mass is 612 g/mol. The molecule has 1 aromatic heterocycles. The number of aryl methyl sites for hydroxylation is 1. The number of carbonyl (C=O) groups excluding carboxylic acids is 2. The Labute approximate surface area is 260 Å². The number of hydrogen-bond acceptors (Lipinski definition) is 8.